The fourth-order valence-electron chi connectivity index (χ4n) is 7.97. The molecule has 6 atom stereocenters. The van der Waals surface area contributed by atoms with E-state index < -0.39 is 5.60 Å². The normalized spacial score (nSPS) is 33.7. The smallest absolute Gasteiger partial charge is 0.128 e. The standard InChI is InChI=1S/C29H40N6O2S/c30-17-23(25-2-1-11-38-25)28(32)33-27-19-12-18-14-29(37,15-19)16-22(27)26(18)21-13-20(3-4-24(21)31)35-7-5-34(6-8-35)9-10-36/h1-4,11,13,17-19,22,26-27,36-37H,5-10,12,14-16,30-31H2,(H2,32,33)/b23-17-/t18?,19?,22?,26?,27-,29+/m1/s1. The quantitative estimate of drug-likeness (QED) is 0.208. The number of hydrogen-bond acceptors (Lipinski definition) is 8. The number of nitrogens with two attached hydrogens (primary N) is 3. The number of thiophene rings is 1. The van der Waals surface area contributed by atoms with Gasteiger partial charge in [0.2, 0.25) is 0 Å². The predicted molar refractivity (Wildman–Crippen MR) is 155 cm³/mol. The first-order valence-corrected chi connectivity index (χ1v) is 14.8. The molecule has 1 aromatic heterocycles. The fourth-order valence-corrected chi connectivity index (χ4v) is 8.73. The zero-order valence-corrected chi connectivity index (χ0v) is 22.7. The molecule has 7 rings (SSSR count). The van der Waals surface area contributed by atoms with Gasteiger partial charge >= 0.3 is 0 Å². The van der Waals surface area contributed by atoms with Crippen molar-refractivity contribution < 1.29 is 10.2 Å². The first kappa shape index (κ1) is 25.7. The lowest BCUT2D eigenvalue weighted by atomic mass is 9.47. The second-order valence-corrected chi connectivity index (χ2v) is 12.7. The number of aliphatic hydroxyl groups excluding tert-OH is 1. The molecule has 2 aromatic rings. The summed E-state index contributed by atoms with van der Waals surface area (Å²) in [5.41, 5.74) is 22.7. The summed E-state index contributed by atoms with van der Waals surface area (Å²) < 4.78 is 0. The van der Waals surface area contributed by atoms with Crippen LogP contribution in [0.15, 0.2) is 46.9 Å². The fraction of sp³-hybridized carbons (Fsp3) is 0.552. The van der Waals surface area contributed by atoms with Gasteiger partial charge in [0.15, 0.2) is 0 Å². The Morgan fingerprint density at radius 2 is 1.92 bits per heavy atom. The summed E-state index contributed by atoms with van der Waals surface area (Å²) in [5.74, 6) is 1.63. The van der Waals surface area contributed by atoms with Gasteiger partial charge in [0, 0.05) is 60.7 Å². The molecule has 1 aromatic carbocycles. The van der Waals surface area contributed by atoms with Crippen LogP contribution < -0.4 is 22.1 Å². The molecule has 9 heteroatoms. The number of aliphatic hydroxyl groups is 2. The zero-order chi connectivity index (χ0) is 26.4. The molecule has 0 spiro atoms. The number of amidine groups is 1. The highest BCUT2D eigenvalue weighted by molar-refractivity contribution is 7.11. The second kappa shape index (κ2) is 10.2. The van der Waals surface area contributed by atoms with E-state index in [4.69, 9.17) is 22.2 Å². The molecule has 1 aliphatic heterocycles. The molecule has 5 aliphatic rings. The van der Waals surface area contributed by atoms with E-state index in [2.05, 4.69) is 28.0 Å². The lowest BCUT2D eigenvalue weighted by molar-refractivity contribution is -0.142. The van der Waals surface area contributed by atoms with Gasteiger partial charge in [-0.2, -0.15) is 0 Å². The van der Waals surface area contributed by atoms with Crippen LogP contribution >= 0.6 is 11.3 Å². The topological polar surface area (TPSA) is 137 Å². The summed E-state index contributed by atoms with van der Waals surface area (Å²) in [4.78, 5) is 10.9. The highest BCUT2D eigenvalue weighted by atomic mass is 32.1. The Labute approximate surface area is 228 Å². The van der Waals surface area contributed by atoms with Crippen molar-refractivity contribution in [3.8, 4) is 0 Å². The van der Waals surface area contributed by atoms with Gasteiger partial charge in [-0.25, -0.2) is 0 Å². The van der Waals surface area contributed by atoms with Crippen LogP contribution in [0.3, 0.4) is 0 Å². The van der Waals surface area contributed by atoms with E-state index in [-0.39, 0.29) is 24.5 Å². The van der Waals surface area contributed by atoms with Crippen molar-refractivity contribution in [2.45, 2.75) is 43.2 Å². The average Bonchev–Trinajstić information content (AvgIpc) is 3.42. The number of aliphatic imine (C=N–C) groups is 1. The Morgan fingerprint density at radius 3 is 2.63 bits per heavy atom. The van der Waals surface area contributed by atoms with Crippen molar-refractivity contribution in [1.82, 2.24) is 4.90 Å². The number of nitrogens with zero attached hydrogens (tertiary/aromatic N) is 3. The van der Waals surface area contributed by atoms with E-state index in [0.717, 1.165) is 74.5 Å². The minimum atomic E-state index is -0.606. The molecule has 4 aliphatic carbocycles. The number of β-amino-alcohol motifs (C(OH)–C–C–N with tert-alkyl or cyclic N) is 1. The predicted octanol–water partition coefficient (Wildman–Crippen LogP) is 2.43. The van der Waals surface area contributed by atoms with Crippen LogP contribution in [0.1, 0.15) is 42.0 Å². The summed E-state index contributed by atoms with van der Waals surface area (Å²) in [7, 11) is 0. The minimum absolute atomic E-state index is 0.0387. The molecule has 2 heterocycles. The van der Waals surface area contributed by atoms with Gasteiger partial charge in [0.05, 0.1) is 18.2 Å². The molecule has 0 radical (unpaired) electrons. The first-order chi connectivity index (χ1) is 18.4. The molecule has 204 valence electrons. The minimum Gasteiger partial charge on any atom is -0.404 e. The number of nitrogen functional groups attached to an aromatic ring is 1. The molecule has 5 fully saturated rings. The van der Waals surface area contributed by atoms with E-state index in [0.29, 0.717) is 17.7 Å². The Balaban J connectivity index is 1.30. The summed E-state index contributed by atoms with van der Waals surface area (Å²) in [6.07, 6.45) is 4.96. The molecule has 8 nitrogen and oxygen atoms in total. The Hall–Kier alpha value is -2.59. The summed E-state index contributed by atoms with van der Waals surface area (Å²) >= 11 is 1.61. The van der Waals surface area contributed by atoms with E-state index in [1.165, 1.54) is 11.3 Å². The lowest BCUT2D eigenvalue weighted by Crippen LogP contribution is -2.59. The third-order valence-corrected chi connectivity index (χ3v) is 10.4. The first-order valence-electron chi connectivity index (χ1n) is 13.9. The van der Waals surface area contributed by atoms with E-state index in [1.54, 1.807) is 17.5 Å². The molecule has 38 heavy (non-hydrogen) atoms. The van der Waals surface area contributed by atoms with Gasteiger partial charge in [0.1, 0.15) is 5.84 Å². The van der Waals surface area contributed by atoms with Crippen molar-refractivity contribution in [1.29, 1.82) is 0 Å². The maximum absolute atomic E-state index is 11.4. The zero-order valence-electron chi connectivity index (χ0n) is 21.9. The lowest BCUT2D eigenvalue weighted by Gasteiger charge is -2.60. The molecule has 4 saturated carbocycles. The van der Waals surface area contributed by atoms with Crippen LogP contribution in [0.5, 0.6) is 0 Å². The molecular weight excluding hydrogens is 496 g/mol. The van der Waals surface area contributed by atoms with Gasteiger partial charge in [-0.15, -0.1) is 11.3 Å². The molecule has 8 N–H and O–H groups in total. The Morgan fingerprint density at radius 1 is 1.13 bits per heavy atom. The Kier molecular flexibility index (Phi) is 6.88. The maximum Gasteiger partial charge on any atom is 0.128 e. The monoisotopic (exact) mass is 536 g/mol. The van der Waals surface area contributed by atoms with Gasteiger partial charge in [0.25, 0.3) is 0 Å². The molecule has 4 bridgehead atoms. The van der Waals surface area contributed by atoms with Crippen LogP contribution in [-0.2, 0) is 0 Å². The van der Waals surface area contributed by atoms with Crippen molar-refractivity contribution in [3.63, 3.8) is 0 Å². The van der Waals surface area contributed by atoms with Gasteiger partial charge in [-0.3, -0.25) is 9.89 Å². The van der Waals surface area contributed by atoms with E-state index in [9.17, 15) is 10.2 Å². The van der Waals surface area contributed by atoms with Gasteiger partial charge in [-0.1, -0.05) is 6.07 Å². The molecular formula is C29H40N6O2S. The number of piperazine rings is 1. The molecule has 4 unspecified atom stereocenters. The van der Waals surface area contributed by atoms with Crippen LogP contribution in [0.25, 0.3) is 5.57 Å². The van der Waals surface area contributed by atoms with Crippen LogP contribution in [0.2, 0.25) is 0 Å². The van der Waals surface area contributed by atoms with Gasteiger partial charge in [-0.05, 0) is 84.6 Å². The molecule has 1 saturated heterocycles. The van der Waals surface area contributed by atoms with Crippen molar-refractivity contribution in [2.24, 2.45) is 34.2 Å². The van der Waals surface area contributed by atoms with Crippen molar-refractivity contribution in [2.75, 3.05) is 50.0 Å². The van der Waals surface area contributed by atoms with Crippen LogP contribution in [0.4, 0.5) is 11.4 Å². The highest BCUT2D eigenvalue weighted by Gasteiger charge is 2.59. The summed E-state index contributed by atoms with van der Waals surface area (Å²) in [5, 5.41) is 22.8. The number of rotatable bonds is 7. The third kappa shape index (κ3) is 4.59. The number of anilines is 2. The van der Waals surface area contributed by atoms with E-state index in [1.807, 2.05) is 17.5 Å². The molecule has 0 amide bonds. The number of benzene rings is 1. The second-order valence-electron chi connectivity index (χ2n) is 11.7. The average molecular weight is 537 g/mol. The summed E-state index contributed by atoms with van der Waals surface area (Å²) in [6, 6.07) is 10.5. The van der Waals surface area contributed by atoms with Crippen molar-refractivity contribution >= 4 is 34.1 Å². The third-order valence-electron chi connectivity index (χ3n) is 9.50. The number of hydrogen-bond donors (Lipinski definition) is 5. The summed E-state index contributed by atoms with van der Waals surface area (Å²) in [6.45, 7) is 4.69. The van der Waals surface area contributed by atoms with Gasteiger partial charge < -0.3 is 32.3 Å². The van der Waals surface area contributed by atoms with E-state index >= 15 is 0 Å². The van der Waals surface area contributed by atoms with Crippen LogP contribution in [0, 0.1) is 17.8 Å². The highest BCUT2D eigenvalue weighted by Crippen LogP contribution is 2.62. The SMILES string of the molecule is N/C=C(\C(N)=N[C@@H]1C2CC3C[C@](O)(C2)CC1C3c1cc(N2CCN(CCO)CC2)ccc1N)c1cccs1. The maximum atomic E-state index is 11.4. The largest absolute Gasteiger partial charge is 0.404 e. The van der Waals surface area contributed by atoms with Crippen molar-refractivity contribution in [3.05, 3.63) is 52.4 Å². The Bertz CT molecular complexity index is 1210. The van der Waals surface area contributed by atoms with Crippen LogP contribution in [-0.4, -0.2) is 71.9 Å².